The Morgan fingerprint density at radius 1 is 1.09 bits per heavy atom. The number of anilines is 3. The molecule has 1 atom stereocenters. The first kappa shape index (κ1) is 21.7. The second kappa shape index (κ2) is 9.33. The van der Waals surface area contributed by atoms with E-state index >= 15 is 0 Å². The molecule has 0 radical (unpaired) electrons. The van der Waals surface area contributed by atoms with Crippen LogP contribution in [0.15, 0.2) is 42.5 Å². The summed E-state index contributed by atoms with van der Waals surface area (Å²) < 4.78 is 25.4. The fourth-order valence-corrected chi connectivity index (χ4v) is 4.01. The van der Waals surface area contributed by atoms with E-state index in [1.54, 1.807) is 19.2 Å². The first-order valence-corrected chi connectivity index (χ1v) is 10.6. The number of nitrogens with zero attached hydrogens (tertiary/aromatic N) is 3. The third kappa shape index (κ3) is 4.71. The molecule has 2 heterocycles. The molecule has 4 rings (SSSR count). The Labute approximate surface area is 186 Å². The van der Waals surface area contributed by atoms with Gasteiger partial charge >= 0.3 is 6.09 Å². The molecule has 0 spiro atoms. The van der Waals surface area contributed by atoms with Crippen molar-refractivity contribution in [2.24, 2.45) is 0 Å². The van der Waals surface area contributed by atoms with Crippen LogP contribution in [0.4, 0.5) is 26.2 Å². The van der Waals surface area contributed by atoms with Crippen LogP contribution < -0.4 is 24.8 Å². The molecule has 0 aromatic heterocycles. The number of ether oxygens (including phenoxy) is 2. The molecular weight excluding hydrogens is 415 g/mol. The maximum absolute atomic E-state index is 15.0. The number of cyclic esters (lactones) is 1. The molecule has 0 bridgehead atoms. The second-order valence-electron chi connectivity index (χ2n) is 7.86. The molecule has 2 aliphatic heterocycles. The summed E-state index contributed by atoms with van der Waals surface area (Å²) in [5.74, 6) is 0.248. The smallest absolute Gasteiger partial charge is 0.414 e. The lowest BCUT2D eigenvalue weighted by Crippen LogP contribution is -2.46. The van der Waals surface area contributed by atoms with Crippen LogP contribution >= 0.6 is 0 Å². The zero-order valence-electron chi connectivity index (χ0n) is 18.2. The molecule has 9 heteroatoms. The van der Waals surface area contributed by atoms with Crippen molar-refractivity contribution in [1.29, 1.82) is 0 Å². The first-order chi connectivity index (χ1) is 15.4. The van der Waals surface area contributed by atoms with Gasteiger partial charge < -0.3 is 24.6 Å². The van der Waals surface area contributed by atoms with Gasteiger partial charge in [-0.2, -0.15) is 0 Å². The van der Waals surface area contributed by atoms with Crippen LogP contribution in [0, 0.1) is 5.82 Å². The molecule has 2 fully saturated rings. The number of halogens is 1. The van der Waals surface area contributed by atoms with Crippen LogP contribution in [0.5, 0.6) is 5.75 Å². The van der Waals surface area contributed by atoms with Gasteiger partial charge in [-0.15, -0.1) is 0 Å². The Bertz CT molecular complexity index is 976. The van der Waals surface area contributed by atoms with Gasteiger partial charge in [-0.05, 0) is 42.5 Å². The number of methoxy groups -OCH3 is 1. The highest BCUT2D eigenvalue weighted by atomic mass is 19.1. The Hall–Kier alpha value is -3.49. The lowest BCUT2D eigenvalue weighted by Gasteiger charge is -2.37. The first-order valence-electron chi connectivity index (χ1n) is 10.6. The lowest BCUT2D eigenvalue weighted by atomic mass is 10.2. The van der Waals surface area contributed by atoms with Gasteiger partial charge in [0.2, 0.25) is 5.91 Å². The number of rotatable bonds is 6. The van der Waals surface area contributed by atoms with Crippen molar-refractivity contribution in [3.8, 4) is 5.75 Å². The Morgan fingerprint density at radius 2 is 1.75 bits per heavy atom. The van der Waals surface area contributed by atoms with Gasteiger partial charge in [0.15, 0.2) is 0 Å². The van der Waals surface area contributed by atoms with Crippen LogP contribution in [-0.2, 0) is 9.53 Å². The van der Waals surface area contributed by atoms with Gasteiger partial charge in [0, 0.05) is 38.8 Å². The van der Waals surface area contributed by atoms with Crippen molar-refractivity contribution in [3.05, 3.63) is 48.3 Å². The average Bonchev–Trinajstić information content (AvgIpc) is 3.18. The van der Waals surface area contributed by atoms with Crippen molar-refractivity contribution in [2.45, 2.75) is 13.0 Å². The average molecular weight is 442 g/mol. The molecule has 2 aromatic rings. The number of hydrogen-bond acceptors (Lipinski definition) is 6. The van der Waals surface area contributed by atoms with Crippen molar-refractivity contribution in [2.75, 3.05) is 61.1 Å². The SMILES string of the molecule is COc1ccc(N2CCN(c3ccc(N4C[C@H](CNC(C)=O)OC4=O)cc3F)CC2)cc1. The highest BCUT2D eigenvalue weighted by Crippen LogP contribution is 2.29. The Morgan fingerprint density at radius 3 is 2.38 bits per heavy atom. The summed E-state index contributed by atoms with van der Waals surface area (Å²) in [6.07, 6.45) is -0.999. The molecule has 2 aromatic carbocycles. The summed E-state index contributed by atoms with van der Waals surface area (Å²) in [6, 6.07) is 12.7. The third-order valence-electron chi connectivity index (χ3n) is 5.75. The monoisotopic (exact) mass is 442 g/mol. The minimum absolute atomic E-state index is 0.193. The van der Waals surface area contributed by atoms with Crippen LogP contribution in [0.1, 0.15) is 6.92 Å². The van der Waals surface area contributed by atoms with Crippen molar-refractivity contribution in [1.82, 2.24) is 5.32 Å². The topological polar surface area (TPSA) is 74.3 Å². The van der Waals surface area contributed by atoms with E-state index in [0.29, 0.717) is 24.5 Å². The quantitative estimate of drug-likeness (QED) is 0.742. The summed E-state index contributed by atoms with van der Waals surface area (Å²) in [5, 5.41) is 2.63. The molecular formula is C23H27FN4O4. The summed E-state index contributed by atoms with van der Waals surface area (Å²) in [6.45, 7) is 4.82. The number of hydrogen-bond donors (Lipinski definition) is 1. The van der Waals surface area contributed by atoms with Crippen LogP contribution in [0.3, 0.4) is 0 Å². The lowest BCUT2D eigenvalue weighted by molar-refractivity contribution is -0.119. The van der Waals surface area contributed by atoms with E-state index in [4.69, 9.17) is 9.47 Å². The predicted octanol–water partition coefficient (Wildman–Crippen LogP) is 2.62. The number of benzene rings is 2. The maximum atomic E-state index is 15.0. The van der Waals surface area contributed by atoms with Gasteiger partial charge in [-0.3, -0.25) is 9.69 Å². The minimum Gasteiger partial charge on any atom is -0.497 e. The minimum atomic E-state index is -0.541. The molecule has 2 amide bonds. The summed E-state index contributed by atoms with van der Waals surface area (Å²) >= 11 is 0. The van der Waals surface area contributed by atoms with Crippen molar-refractivity contribution >= 4 is 29.1 Å². The zero-order valence-corrected chi connectivity index (χ0v) is 18.2. The maximum Gasteiger partial charge on any atom is 0.414 e. The normalized spacial score (nSPS) is 18.5. The molecule has 0 unspecified atom stereocenters. The van der Waals surface area contributed by atoms with Crippen molar-refractivity contribution < 1.29 is 23.5 Å². The van der Waals surface area contributed by atoms with Crippen LogP contribution in [-0.4, -0.2) is 64.5 Å². The summed E-state index contributed by atoms with van der Waals surface area (Å²) in [4.78, 5) is 28.9. The molecule has 0 aliphatic carbocycles. The number of carbonyl (C=O) groups excluding carboxylic acids is 2. The molecule has 2 aliphatic rings. The van der Waals surface area contributed by atoms with E-state index in [9.17, 15) is 14.0 Å². The van der Waals surface area contributed by atoms with E-state index in [1.165, 1.54) is 17.9 Å². The van der Waals surface area contributed by atoms with Crippen molar-refractivity contribution in [3.63, 3.8) is 0 Å². The number of carbonyl (C=O) groups is 2. The van der Waals surface area contributed by atoms with E-state index < -0.39 is 12.2 Å². The van der Waals surface area contributed by atoms with Crippen LogP contribution in [0.25, 0.3) is 0 Å². The molecule has 2 saturated heterocycles. The fraction of sp³-hybridized carbons (Fsp3) is 0.391. The highest BCUT2D eigenvalue weighted by Gasteiger charge is 2.33. The predicted molar refractivity (Wildman–Crippen MR) is 120 cm³/mol. The molecule has 8 nitrogen and oxygen atoms in total. The summed E-state index contributed by atoms with van der Waals surface area (Å²) in [5.41, 5.74) is 2.08. The number of piperazine rings is 1. The molecule has 170 valence electrons. The van der Waals surface area contributed by atoms with E-state index in [0.717, 1.165) is 24.5 Å². The van der Waals surface area contributed by atoms with Gasteiger partial charge in [0.25, 0.3) is 0 Å². The number of nitrogens with one attached hydrogen (secondary N) is 1. The molecule has 1 N–H and O–H groups in total. The Kier molecular flexibility index (Phi) is 6.34. The van der Waals surface area contributed by atoms with Gasteiger partial charge in [-0.1, -0.05) is 0 Å². The van der Waals surface area contributed by atoms with E-state index in [2.05, 4.69) is 10.2 Å². The van der Waals surface area contributed by atoms with Gasteiger partial charge in [0.1, 0.15) is 17.7 Å². The molecule has 32 heavy (non-hydrogen) atoms. The summed E-state index contributed by atoms with van der Waals surface area (Å²) in [7, 11) is 1.64. The standard InChI is InChI=1S/C23H27FN4O4/c1-16(29)25-14-20-15-28(23(30)32-20)18-5-8-22(21(24)13-18)27-11-9-26(10-12-27)17-3-6-19(31-2)7-4-17/h3-8,13,20H,9-12,14-15H2,1-2H3,(H,25,29)/t20-/m0/s1. The second-order valence-corrected chi connectivity index (χ2v) is 7.86. The Balaban J connectivity index is 1.37. The fourth-order valence-electron chi connectivity index (χ4n) is 4.01. The van der Waals surface area contributed by atoms with E-state index in [-0.39, 0.29) is 24.8 Å². The van der Waals surface area contributed by atoms with Crippen LogP contribution in [0.2, 0.25) is 0 Å². The number of amides is 2. The third-order valence-corrected chi connectivity index (χ3v) is 5.75. The zero-order chi connectivity index (χ0) is 22.7. The molecule has 0 saturated carbocycles. The van der Waals surface area contributed by atoms with E-state index in [1.807, 2.05) is 29.2 Å². The highest BCUT2D eigenvalue weighted by molar-refractivity contribution is 5.90. The largest absolute Gasteiger partial charge is 0.497 e. The van der Waals surface area contributed by atoms with Gasteiger partial charge in [0.05, 0.1) is 31.6 Å². The van der Waals surface area contributed by atoms with Gasteiger partial charge in [-0.25, -0.2) is 9.18 Å².